The van der Waals surface area contributed by atoms with Crippen LogP contribution in [0.4, 0.5) is 0 Å². The SMILES string of the molecule is C=C1CNC(=NC)S1. The molecule has 0 atom stereocenters. The standard InChI is InChI=1S/C5H8N2S/c1-4-3-7-5(6-2)8-4/h1,3H2,2H3,(H,6,7). The summed E-state index contributed by atoms with van der Waals surface area (Å²) in [6, 6.07) is 0. The number of amidine groups is 1. The van der Waals surface area contributed by atoms with E-state index in [0.29, 0.717) is 0 Å². The van der Waals surface area contributed by atoms with Gasteiger partial charge in [0.25, 0.3) is 0 Å². The molecule has 1 aliphatic rings. The number of nitrogens with zero attached hydrogens (tertiary/aromatic N) is 1. The number of aliphatic imine (C=N–C) groups is 1. The Hall–Kier alpha value is -0.440. The van der Waals surface area contributed by atoms with Crippen molar-refractivity contribution < 1.29 is 0 Å². The summed E-state index contributed by atoms with van der Waals surface area (Å²) in [6.45, 7) is 4.64. The van der Waals surface area contributed by atoms with E-state index in [9.17, 15) is 0 Å². The first-order valence-electron chi connectivity index (χ1n) is 2.39. The lowest BCUT2D eigenvalue weighted by molar-refractivity contribution is 1.07. The maximum absolute atomic E-state index is 3.95. The molecule has 0 saturated carbocycles. The van der Waals surface area contributed by atoms with E-state index in [1.54, 1.807) is 18.8 Å². The number of thioether (sulfide) groups is 1. The summed E-state index contributed by atoms with van der Waals surface area (Å²) in [7, 11) is 1.77. The Morgan fingerprint density at radius 2 is 2.62 bits per heavy atom. The molecule has 0 aromatic heterocycles. The summed E-state index contributed by atoms with van der Waals surface area (Å²) >= 11 is 1.61. The normalized spacial score (nSPS) is 24.1. The Balaban J connectivity index is 2.56. The second kappa shape index (κ2) is 2.22. The minimum absolute atomic E-state index is 0.872. The van der Waals surface area contributed by atoms with E-state index >= 15 is 0 Å². The molecular weight excluding hydrogens is 120 g/mol. The Kier molecular flexibility index (Phi) is 1.58. The average molecular weight is 128 g/mol. The highest BCUT2D eigenvalue weighted by atomic mass is 32.2. The van der Waals surface area contributed by atoms with Crippen LogP contribution in [-0.2, 0) is 0 Å². The first-order chi connectivity index (χ1) is 3.83. The molecule has 0 aromatic carbocycles. The molecule has 1 aliphatic heterocycles. The van der Waals surface area contributed by atoms with Gasteiger partial charge in [0.15, 0.2) is 5.17 Å². The molecule has 44 valence electrons. The van der Waals surface area contributed by atoms with Crippen molar-refractivity contribution in [3.8, 4) is 0 Å². The number of hydrogen-bond donors (Lipinski definition) is 1. The Bertz CT molecular complexity index is 139. The van der Waals surface area contributed by atoms with E-state index in [0.717, 1.165) is 16.6 Å². The maximum Gasteiger partial charge on any atom is 0.161 e. The van der Waals surface area contributed by atoms with Crippen molar-refractivity contribution in [1.82, 2.24) is 5.32 Å². The van der Waals surface area contributed by atoms with Gasteiger partial charge in [-0.25, -0.2) is 0 Å². The van der Waals surface area contributed by atoms with Crippen LogP contribution >= 0.6 is 11.8 Å². The predicted molar refractivity (Wildman–Crippen MR) is 38.1 cm³/mol. The topological polar surface area (TPSA) is 24.4 Å². The fourth-order valence-electron chi connectivity index (χ4n) is 0.508. The van der Waals surface area contributed by atoms with Gasteiger partial charge in [0.05, 0.1) is 0 Å². The van der Waals surface area contributed by atoms with Crippen molar-refractivity contribution in [2.75, 3.05) is 13.6 Å². The molecule has 1 N–H and O–H groups in total. The van der Waals surface area contributed by atoms with Crippen LogP contribution in [0, 0.1) is 0 Å². The molecule has 0 unspecified atom stereocenters. The summed E-state index contributed by atoms with van der Waals surface area (Å²) in [4.78, 5) is 5.09. The van der Waals surface area contributed by atoms with Crippen LogP contribution in [0.3, 0.4) is 0 Å². The lowest BCUT2D eigenvalue weighted by Gasteiger charge is -1.87. The van der Waals surface area contributed by atoms with Crippen LogP contribution in [0.5, 0.6) is 0 Å². The molecule has 2 nitrogen and oxygen atoms in total. The van der Waals surface area contributed by atoms with Crippen molar-refractivity contribution >= 4 is 16.9 Å². The summed E-state index contributed by atoms with van der Waals surface area (Å²) < 4.78 is 0. The first-order valence-corrected chi connectivity index (χ1v) is 3.21. The first kappa shape index (κ1) is 5.69. The van der Waals surface area contributed by atoms with Gasteiger partial charge in [-0.2, -0.15) is 0 Å². The Morgan fingerprint density at radius 3 is 2.88 bits per heavy atom. The number of nitrogens with one attached hydrogen (secondary N) is 1. The highest BCUT2D eigenvalue weighted by molar-refractivity contribution is 8.17. The Morgan fingerprint density at radius 1 is 1.88 bits per heavy atom. The molecule has 0 radical (unpaired) electrons. The van der Waals surface area contributed by atoms with Crippen LogP contribution in [-0.4, -0.2) is 18.8 Å². The quantitative estimate of drug-likeness (QED) is 0.522. The van der Waals surface area contributed by atoms with Gasteiger partial charge in [-0.1, -0.05) is 18.3 Å². The maximum atomic E-state index is 3.95. The third kappa shape index (κ3) is 1.04. The molecule has 1 heterocycles. The van der Waals surface area contributed by atoms with Crippen molar-refractivity contribution in [2.45, 2.75) is 0 Å². The summed E-state index contributed by atoms with van der Waals surface area (Å²) in [5.41, 5.74) is 0. The van der Waals surface area contributed by atoms with Crippen molar-refractivity contribution in [1.29, 1.82) is 0 Å². The van der Waals surface area contributed by atoms with E-state index in [-0.39, 0.29) is 0 Å². The van der Waals surface area contributed by atoms with Gasteiger partial charge in [0.2, 0.25) is 0 Å². The molecule has 1 rings (SSSR count). The fourth-order valence-corrected chi connectivity index (χ4v) is 1.16. The zero-order valence-corrected chi connectivity index (χ0v) is 5.59. The lowest BCUT2D eigenvalue weighted by atomic mass is 10.6. The molecule has 0 spiro atoms. The van der Waals surface area contributed by atoms with Crippen LogP contribution in [0.1, 0.15) is 0 Å². The van der Waals surface area contributed by atoms with Crippen LogP contribution in [0.2, 0.25) is 0 Å². The van der Waals surface area contributed by atoms with E-state index in [1.807, 2.05) is 0 Å². The summed E-state index contributed by atoms with van der Waals surface area (Å²) in [5, 5.41) is 4.05. The third-order valence-corrected chi connectivity index (χ3v) is 1.83. The second-order valence-corrected chi connectivity index (χ2v) is 2.69. The molecule has 1 saturated heterocycles. The van der Waals surface area contributed by atoms with Crippen molar-refractivity contribution in [3.05, 3.63) is 11.5 Å². The van der Waals surface area contributed by atoms with Crippen LogP contribution < -0.4 is 5.32 Å². The van der Waals surface area contributed by atoms with E-state index in [1.165, 1.54) is 0 Å². The smallest absolute Gasteiger partial charge is 0.161 e. The van der Waals surface area contributed by atoms with Crippen molar-refractivity contribution in [3.63, 3.8) is 0 Å². The molecule has 8 heavy (non-hydrogen) atoms. The largest absolute Gasteiger partial charge is 0.360 e. The van der Waals surface area contributed by atoms with E-state index < -0.39 is 0 Å². The van der Waals surface area contributed by atoms with Crippen LogP contribution in [0.25, 0.3) is 0 Å². The van der Waals surface area contributed by atoms with Gasteiger partial charge in [-0.3, -0.25) is 4.99 Å². The van der Waals surface area contributed by atoms with Gasteiger partial charge in [0.1, 0.15) is 0 Å². The summed E-state index contributed by atoms with van der Waals surface area (Å²) in [5.74, 6) is 0. The van der Waals surface area contributed by atoms with Gasteiger partial charge < -0.3 is 5.32 Å². The fraction of sp³-hybridized carbons (Fsp3) is 0.400. The minimum atomic E-state index is 0.872. The molecule has 0 amide bonds. The zero-order valence-electron chi connectivity index (χ0n) is 4.77. The van der Waals surface area contributed by atoms with Gasteiger partial charge in [-0.05, 0) is 0 Å². The number of rotatable bonds is 0. The third-order valence-electron chi connectivity index (χ3n) is 0.881. The van der Waals surface area contributed by atoms with E-state index in [4.69, 9.17) is 0 Å². The van der Waals surface area contributed by atoms with Crippen LogP contribution in [0.15, 0.2) is 16.5 Å². The highest BCUT2D eigenvalue weighted by Crippen LogP contribution is 2.18. The molecular formula is C5H8N2S. The second-order valence-electron chi connectivity index (χ2n) is 1.52. The molecule has 0 aliphatic carbocycles. The predicted octanol–water partition coefficient (Wildman–Crippen LogP) is 0.822. The molecule has 0 aromatic rings. The van der Waals surface area contributed by atoms with Gasteiger partial charge in [0, 0.05) is 18.5 Å². The minimum Gasteiger partial charge on any atom is -0.360 e. The number of hydrogen-bond acceptors (Lipinski definition) is 2. The average Bonchev–Trinajstić information content (AvgIpc) is 2.14. The zero-order chi connectivity index (χ0) is 5.98. The monoisotopic (exact) mass is 128 g/mol. The molecule has 3 heteroatoms. The summed E-state index contributed by atoms with van der Waals surface area (Å²) in [6.07, 6.45) is 0. The molecule has 1 fully saturated rings. The van der Waals surface area contributed by atoms with Gasteiger partial charge >= 0.3 is 0 Å². The highest BCUT2D eigenvalue weighted by Gasteiger charge is 2.09. The van der Waals surface area contributed by atoms with Gasteiger partial charge in [-0.15, -0.1) is 0 Å². The molecule has 0 bridgehead atoms. The Labute approximate surface area is 53.1 Å². The lowest BCUT2D eigenvalue weighted by Crippen LogP contribution is -2.11. The van der Waals surface area contributed by atoms with E-state index in [2.05, 4.69) is 16.9 Å². The van der Waals surface area contributed by atoms with Crippen molar-refractivity contribution in [2.24, 2.45) is 4.99 Å².